The normalized spacial score (nSPS) is 21.3. The lowest BCUT2D eigenvalue weighted by atomic mass is 9.90. The van der Waals surface area contributed by atoms with Gasteiger partial charge in [-0.25, -0.2) is 0 Å². The lowest BCUT2D eigenvalue weighted by molar-refractivity contribution is -0.147. The number of hydrogen-bond donors (Lipinski definition) is 2. The van der Waals surface area contributed by atoms with Crippen LogP contribution >= 0.6 is 23.2 Å². The molecular weight excluding hydrogens is 497 g/mol. The molecule has 1 aromatic heterocycles. The van der Waals surface area contributed by atoms with E-state index in [4.69, 9.17) is 27.9 Å². The van der Waals surface area contributed by atoms with E-state index in [1.165, 1.54) is 11.1 Å². The zero-order valence-electron chi connectivity index (χ0n) is 20.8. The van der Waals surface area contributed by atoms with Crippen LogP contribution in [0, 0.1) is 11.3 Å². The molecule has 190 valence electrons. The van der Waals surface area contributed by atoms with E-state index < -0.39 is 11.4 Å². The minimum absolute atomic E-state index is 0.137. The van der Waals surface area contributed by atoms with Gasteiger partial charge < -0.3 is 9.84 Å². The molecule has 1 saturated heterocycles. The number of aryl methyl sites for hydroxylation is 1. The van der Waals surface area contributed by atoms with E-state index in [1.807, 2.05) is 31.2 Å². The molecule has 1 aliphatic heterocycles. The van der Waals surface area contributed by atoms with E-state index in [2.05, 4.69) is 41.1 Å². The third-order valence-electron chi connectivity index (χ3n) is 7.54. The SMILES string of the molecule is CC(C)C(Oc1ccc2c(c1)CCC(CN1CCC(C)(C(=O)O)C1)=C2Cl)c1ccc2[nH]nc(Cl)c2c1. The summed E-state index contributed by atoms with van der Waals surface area (Å²) in [4.78, 5) is 13.8. The Morgan fingerprint density at radius 2 is 2.03 bits per heavy atom. The highest BCUT2D eigenvalue weighted by Gasteiger charge is 2.40. The fourth-order valence-electron chi connectivity index (χ4n) is 5.35. The third-order valence-corrected chi connectivity index (χ3v) is 8.30. The van der Waals surface area contributed by atoms with Gasteiger partial charge in [0.05, 0.1) is 10.9 Å². The second-order valence-electron chi connectivity index (χ2n) is 10.7. The summed E-state index contributed by atoms with van der Waals surface area (Å²) in [5, 5.41) is 18.7. The largest absolute Gasteiger partial charge is 0.485 e. The summed E-state index contributed by atoms with van der Waals surface area (Å²) < 4.78 is 6.51. The summed E-state index contributed by atoms with van der Waals surface area (Å²) in [6, 6.07) is 12.2. The Balaban J connectivity index is 1.34. The highest BCUT2D eigenvalue weighted by molar-refractivity contribution is 6.49. The molecular formula is C28H31Cl2N3O3. The molecule has 3 aromatic rings. The van der Waals surface area contributed by atoms with Crippen LogP contribution in [0.5, 0.6) is 5.75 Å². The van der Waals surface area contributed by atoms with Crippen LogP contribution in [-0.4, -0.2) is 45.8 Å². The average molecular weight is 528 g/mol. The van der Waals surface area contributed by atoms with Gasteiger partial charge in [-0.3, -0.25) is 14.8 Å². The lowest BCUT2D eigenvalue weighted by Crippen LogP contribution is -2.32. The molecule has 36 heavy (non-hydrogen) atoms. The summed E-state index contributed by atoms with van der Waals surface area (Å²) in [7, 11) is 0. The van der Waals surface area contributed by atoms with Crippen molar-refractivity contribution in [1.29, 1.82) is 0 Å². The number of carbonyl (C=O) groups is 1. The van der Waals surface area contributed by atoms with Gasteiger partial charge in [-0.05, 0) is 91.2 Å². The van der Waals surface area contributed by atoms with E-state index in [0.717, 1.165) is 52.2 Å². The number of hydrogen-bond acceptors (Lipinski definition) is 4. The van der Waals surface area contributed by atoms with Crippen LogP contribution in [0.4, 0.5) is 0 Å². The molecule has 2 N–H and O–H groups in total. The van der Waals surface area contributed by atoms with Crippen molar-refractivity contribution >= 4 is 45.1 Å². The Bertz CT molecular complexity index is 1350. The summed E-state index contributed by atoms with van der Waals surface area (Å²) in [5.41, 5.74) is 4.67. The number of rotatable bonds is 7. The van der Waals surface area contributed by atoms with Gasteiger partial charge in [0.1, 0.15) is 11.9 Å². The summed E-state index contributed by atoms with van der Waals surface area (Å²) in [6.07, 6.45) is 2.27. The van der Waals surface area contributed by atoms with Crippen molar-refractivity contribution in [2.24, 2.45) is 11.3 Å². The van der Waals surface area contributed by atoms with Crippen LogP contribution in [0.2, 0.25) is 5.15 Å². The molecule has 2 unspecified atom stereocenters. The van der Waals surface area contributed by atoms with Crippen molar-refractivity contribution in [1.82, 2.24) is 15.1 Å². The first-order chi connectivity index (χ1) is 17.1. The molecule has 0 saturated carbocycles. The Morgan fingerprint density at radius 3 is 2.75 bits per heavy atom. The minimum atomic E-state index is -0.723. The zero-order valence-corrected chi connectivity index (χ0v) is 22.3. The highest BCUT2D eigenvalue weighted by atomic mass is 35.5. The van der Waals surface area contributed by atoms with Gasteiger partial charge in [0.15, 0.2) is 5.15 Å². The predicted molar refractivity (Wildman–Crippen MR) is 144 cm³/mol. The molecule has 1 fully saturated rings. The van der Waals surface area contributed by atoms with Crippen LogP contribution in [-0.2, 0) is 11.2 Å². The van der Waals surface area contributed by atoms with Crippen molar-refractivity contribution in [3.63, 3.8) is 0 Å². The standard InChI is InChI=1S/C28H31Cl2N3O3/c1-16(2)25(18-6-9-23-22(13-18)26(30)32-31-23)36-20-7-8-21-17(12-20)4-5-19(24(21)29)14-33-11-10-28(3,15-33)27(34)35/h6-9,12-13,16,25H,4-5,10-11,14-15H2,1-3H3,(H,31,32)(H,34,35). The molecule has 0 bridgehead atoms. The maximum absolute atomic E-state index is 11.6. The molecule has 2 aromatic carbocycles. The zero-order chi connectivity index (χ0) is 25.6. The Hall–Kier alpha value is -2.54. The molecule has 8 heteroatoms. The van der Waals surface area contributed by atoms with Crippen molar-refractivity contribution in [2.45, 2.75) is 46.1 Å². The number of aromatic nitrogens is 2. The molecule has 2 atom stereocenters. The number of likely N-dealkylation sites (tertiary alicyclic amines) is 1. The maximum atomic E-state index is 11.6. The van der Waals surface area contributed by atoms with Crippen molar-refractivity contribution in [3.05, 3.63) is 63.8 Å². The van der Waals surface area contributed by atoms with Crippen LogP contribution in [0.3, 0.4) is 0 Å². The van der Waals surface area contributed by atoms with Gasteiger partial charge in [-0.1, -0.05) is 43.1 Å². The number of nitrogens with one attached hydrogen (secondary N) is 1. The van der Waals surface area contributed by atoms with Crippen molar-refractivity contribution < 1.29 is 14.6 Å². The maximum Gasteiger partial charge on any atom is 0.310 e. The van der Waals surface area contributed by atoms with E-state index in [1.54, 1.807) is 0 Å². The van der Waals surface area contributed by atoms with Gasteiger partial charge in [-0.2, -0.15) is 5.10 Å². The average Bonchev–Trinajstić information content (AvgIpc) is 3.42. The molecule has 0 radical (unpaired) electrons. The Kier molecular flexibility index (Phi) is 6.79. The molecule has 1 aliphatic carbocycles. The quantitative estimate of drug-likeness (QED) is 0.358. The van der Waals surface area contributed by atoms with Crippen LogP contribution in [0.15, 0.2) is 42.0 Å². The number of carboxylic acids is 1. The van der Waals surface area contributed by atoms with E-state index >= 15 is 0 Å². The Labute approximate surface area is 221 Å². The van der Waals surface area contributed by atoms with Crippen molar-refractivity contribution in [2.75, 3.05) is 19.6 Å². The van der Waals surface area contributed by atoms with Crippen molar-refractivity contribution in [3.8, 4) is 5.75 Å². The molecule has 2 heterocycles. The highest BCUT2D eigenvalue weighted by Crippen LogP contribution is 2.39. The number of fused-ring (bicyclic) bond motifs is 2. The van der Waals surface area contributed by atoms with Crippen LogP contribution in [0.1, 0.15) is 56.4 Å². The first-order valence-electron chi connectivity index (χ1n) is 12.4. The minimum Gasteiger partial charge on any atom is -0.485 e. The molecule has 2 aliphatic rings. The third kappa shape index (κ3) is 4.74. The first kappa shape index (κ1) is 25.1. The topological polar surface area (TPSA) is 78.5 Å². The van der Waals surface area contributed by atoms with Gasteiger partial charge in [-0.15, -0.1) is 0 Å². The first-order valence-corrected chi connectivity index (χ1v) is 13.2. The van der Waals surface area contributed by atoms with Crippen LogP contribution in [0.25, 0.3) is 15.9 Å². The molecule has 6 nitrogen and oxygen atoms in total. The number of nitrogens with zero attached hydrogens (tertiary/aromatic N) is 2. The lowest BCUT2D eigenvalue weighted by Gasteiger charge is -2.27. The monoisotopic (exact) mass is 527 g/mol. The predicted octanol–water partition coefficient (Wildman–Crippen LogP) is 6.69. The fourth-order valence-corrected chi connectivity index (χ4v) is 5.88. The van der Waals surface area contributed by atoms with E-state index in [0.29, 0.717) is 24.7 Å². The number of halogens is 2. The van der Waals surface area contributed by atoms with Crippen LogP contribution < -0.4 is 4.74 Å². The smallest absolute Gasteiger partial charge is 0.310 e. The number of aromatic amines is 1. The summed E-state index contributed by atoms with van der Waals surface area (Å²) in [5.74, 6) is 0.339. The second kappa shape index (κ2) is 9.73. The number of benzene rings is 2. The van der Waals surface area contributed by atoms with Gasteiger partial charge in [0, 0.05) is 23.5 Å². The molecule has 0 amide bonds. The van der Waals surface area contributed by atoms with Gasteiger partial charge in [0.25, 0.3) is 0 Å². The van der Waals surface area contributed by atoms with Gasteiger partial charge >= 0.3 is 5.97 Å². The van der Waals surface area contributed by atoms with E-state index in [-0.39, 0.29) is 12.0 Å². The summed E-state index contributed by atoms with van der Waals surface area (Å²) in [6.45, 7) is 8.17. The number of H-pyrrole nitrogens is 1. The van der Waals surface area contributed by atoms with Gasteiger partial charge in [0.2, 0.25) is 0 Å². The Morgan fingerprint density at radius 1 is 1.22 bits per heavy atom. The fraction of sp³-hybridized carbons (Fsp3) is 0.429. The van der Waals surface area contributed by atoms with E-state index in [9.17, 15) is 9.90 Å². The summed E-state index contributed by atoms with van der Waals surface area (Å²) >= 11 is 13.1. The second-order valence-corrected chi connectivity index (χ2v) is 11.4. The molecule has 0 spiro atoms. The number of carboxylic acid groups (broad SMARTS) is 1. The molecule has 5 rings (SSSR count). The number of aliphatic carboxylic acids is 1. The number of ether oxygens (including phenoxy) is 1.